The Kier molecular flexibility index (Phi) is 12.5. The molecule has 54 heavy (non-hydrogen) atoms. The molecule has 4 aromatic rings. The lowest BCUT2D eigenvalue weighted by Crippen LogP contribution is -2.49. The normalized spacial score (nSPS) is 15.9. The average molecular weight is 735 g/mol. The van der Waals surface area contributed by atoms with Crippen LogP contribution in [0, 0.1) is 0 Å². The number of aromatic hydroxyl groups is 2. The molecule has 5 rings (SSSR count). The number of benzene rings is 4. The smallest absolute Gasteiger partial charge is 0.264 e. The first kappa shape index (κ1) is 39.6. The van der Waals surface area contributed by atoms with Gasteiger partial charge in [-0.15, -0.1) is 0 Å². The Hall–Kier alpha value is -5.64. The highest BCUT2D eigenvalue weighted by Crippen LogP contribution is 2.46. The number of hydrogen-bond acceptors (Lipinski definition) is 8. The van der Waals surface area contributed by atoms with Gasteiger partial charge in [0.05, 0.1) is 13.1 Å². The Balaban J connectivity index is 1.25. The fourth-order valence-electron chi connectivity index (χ4n) is 6.86. The Morgan fingerprint density at radius 2 is 0.926 bits per heavy atom. The van der Waals surface area contributed by atoms with E-state index in [0.29, 0.717) is 35.5 Å². The highest BCUT2D eigenvalue weighted by Gasteiger charge is 2.38. The highest BCUT2D eigenvalue weighted by molar-refractivity contribution is 6.01. The van der Waals surface area contributed by atoms with Crippen LogP contribution in [-0.2, 0) is 15.0 Å². The number of nitrogens with one attached hydrogen (secondary N) is 2. The van der Waals surface area contributed by atoms with Crippen LogP contribution in [0.5, 0.6) is 23.0 Å². The van der Waals surface area contributed by atoms with Gasteiger partial charge in [0.2, 0.25) is 0 Å². The Morgan fingerprint density at radius 3 is 1.26 bits per heavy atom. The second-order valence-corrected chi connectivity index (χ2v) is 14.4. The largest absolute Gasteiger partial charge is 0.508 e. The molecule has 284 valence electrons. The Morgan fingerprint density at radius 1 is 0.574 bits per heavy atom. The van der Waals surface area contributed by atoms with E-state index in [-0.39, 0.29) is 41.6 Å². The van der Waals surface area contributed by atoms with E-state index in [1.54, 1.807) is 13.8 Å². The molecule has 10 nitrogen and oxygen atoms in total. The number of amides is 2. The molecule has 0 aromatic heterocycles. The third-order valence-corrected chi connectivity index (χ3v) is 10.7. The molecule has 2 atom stereocenters. The van der Waals surface area contributed by atoms with E-state index < -0.39 is 23.0 Å². The number of phenolic OH excluding ortho intramolecular Hbond substituents is 2. The number of rotatable bonds is 16. The standard InChI is InChI=1S/C44H50N2O8/c1-5-42(3,40(51)45-28-38(49)30-10-18-34(47)19-11-30)53-36-22-14-32(15-23-36)44(26-8-7-9-27-44)33-16-24-37(25-17-33)54-43(4,6-2)41(52)46-29-39(50)31-12-20-35(48)21-13-31/h10-25,47-48H,5-9,26-29H2,1-4H3,(H,45,51)(H,46,52). The molecule has 2 amide bonds. The lowest BCUT2D eigenvalue weighted by Gasteiger charge is -2.39. The van der Waals surface area contributed by atoms with Gasteiger partial charge in [0.25, 0.3) is 11.8 Å². The van der Waals surface area contributed by atoms with Gasteiger partial charge in [-0.1, -0.05) is 57.4 Å². The third kappa shape index (κ3) is 9.10. The molecule has 4 aromatic carbocycles. The molecule has 0 saturated heterocycles. The molecule has 4 N–H and O–H groups in total. The summed E-state index contributed by atoms with van der Waals surface area (Å²) in [6, 6.07) is 27.6. The SMILES string of the molecule is CCC(C)(Oc1ccc(C2(c3ccc(OC(C)(CC)C(=O)NCC(=O)c4ccc(O)cc4)cc3)CCCCC2)cc1)C(=O)NCC(=O)c1ccc(O)cc1. The molecule has 0 radical (unpaired) electrons. The summed E-state index contributed by atoms with van der Waals surface area (Å²) in [6.45, 7) is 6.74. The van der Waals surface area contributed by atoms with Gasteiger partial charge in [-0.2, -0.15) is 0 Å². The lowest BCUT2D eigenvalue weighted by atomic mass is 9.65. The first-order valence-corrected chi connectivity index (χ1v) is 18.6. The number of carbonyl (C=O) groups excluding carboxylic acids is 4. The van der Waals surface area contributed by atoms with Gasteiger partial charge in [-0.3, -0.25) is 19.2 Å². The first-order valence-electron chi connectivity index (χ1n) is 18.6. The molecule has 0 bridgehead atoms. The topological polar surface area (TPSA) is 151 Å². The number of carbonyl (C=O) groups is 4. The van der Waals surface area contributed by atoms with Crippen LogP contribution in [0.2, 0.25) is 0 Å². The van der Waals surface area contributed by atoms with Crippen molar-refractivity contribution in [3.8, 4) is 23.0 Å². The van der Waals surface area contributed by atoms with E-state index in [4.69, 9.17) is 9.47 Å². The monoisotopic (exact) mass is 734 g/mol. The maximum atomic E-state index is 13.3. The van der Waals surface area contributed by atoms with Gasteiger partial charge in [-0.25, -0.2) is 0 Å². The highest BCUT2D eigenvalue weighted by atomic mass is 16.5. The molecule has 1 saturated carbocycles. The zero-order chi connectivity index (χ0) is 38.9. The average Bonchev–Trinajstić information content (AvgIpc) is 3.19. The number of ketones is 2. The van der Waals surface area contributed by atoms with Crippen LogP contribution >= 0.6 is 0 Å². The summed E-state index contributed by atoms with van der Waals surface area (Å²) in [4.78, 5) is 51.7. The number of ether oxygens (including phenoxy) is 2. The molecule has 1 aliphatic rings. The molecule has 0 heterocycles. The Bertz CT molecular complexity index is 1780. The first-order chi connectivity index (χ1) is 25.8. The maximum Gasteiger partial charge on any atom is 0.264 e. The van der Waals surface area contributed by atoms with Crippen LogP contribution in [0.4, 0.5) is 0 Å². The van der Waals surface area contributed by atoms with Crippen molar-refractivity contribution in [2.24, 2.45) is 0 Å². The minimum atomic E-state index is -1.21. The summed E-state index contributed by atoms with van der Waals surface area (Å²) < 4.78 is 12.5. The minimum Gasteiger partial charge on any atom is -0.508 e. The summed E-state index contributed by atoms with van der Waals surface area (Å²) in [7, 11) is 0. The van der Waals surface area contributed by atoms with Gasteiger partial charge in [0.15, 0.2) is 22.8 Å². The van der Waals surface area contributed by atoms with Crippen LogP contribution in [0.3, 0.4) is 0 Å². The molecule has 10 heteroatoms. The Labute approximate surface area is 316 Å². The van der Waals surface area contributed by atoms with Crippen molar-refractivity contribution < 1.29 is 38.9 Å². The van der Waals surface area contributed by atoms with Crippen molar-refractivity contribution >= 4 is 23.4 Å². The van der Waals surface area contributed by atoms with Crippen molar-refractivity contribution in [1.82, 2.24) is 10.6 Å². The molecular formula is C44H50N2O8. The lowest BCUT2D eigenvalue weighted by molar-refractivity contribution is -0.136. The van der Waals surface area contributed by atoms with Crippen LogP contribution < -0.4 is 20.1 Å². The van der Waals surface area contributed by atoms with Gasteiger partial charge in [0.1, 0.15) is 23.0 Å². The fourth-order valence-corrected chi connectivity index (χ4v) is 6.86. The summed E-state index contributed by atoms with van der Waals surface area (Å²) in [6.07, 6.45) is 5.98. The predicted octanol–water partition coefficient (Wildman–Crippen LogP) is 7.44. The van der Waals surface area contributed by atoms with Crippen LogP contribution in [0.15, 0.2) is 97.1 Å². The number of phenols is 2. The van der Waals surface area contributed by atoms with Crippen molar-refractivity contribution in [2.75, 3.05) is 13.1 Å². The summed E-state index contributed by atoms with van der Waals surface area (Å²) in [5, 5.41) is 24.4. The summed E-state index contributed by atoms with van der Waals surface area (Å²) in [5.41, 5.74) is 0.406. The van der Waals surface area contributed by atoms with Crippen molar-refractivity contribution in [1.29, 1.82) is 0 Å². The molecule has 1 aliphatic carbocycles. The van der Waals surface area contributed by atoms with Gasteiger partial charge < -0.3 is 30.3 Å². The summed E-state index contributed by atoms with van der Waals surface area (Å²) >= 11 is 0. The second kappa shape index (κ2) is 17.0. The van der Waals surface area contributed by atoms with Gasteiger partial charge in [0, 0.05) is 16.5 Å². The summed E-state index contributed by atoms with van der Waals surface area (Å²) in [5.74, 6) is -0.138. The second-order valence-electron chi connectivity index (χ2n) is 14.4. The quantitative estimate of drug-likeness (QED) is 0.0868. The van der Waals surface area contributed by atoms with E-state index in [1.807, 2.05) is 38.1 Å². The zero-order valence-electron chi connectivity index (χ0n) is 31.4. The maximum absolute atomic E-state index is 13.3. The fraction of sp³-hybridized carbons (Fsp3) is 0.364. The van der Waals surface area contributed by atoms with E-state index in [0.717, 1.165) is 43.2 Å². The third-order valence-electron chi connectivity index (χ3n) is 10.7. The van der Waals surface area contributed by atoms with Crippen LogP contribution in [0.25, 0.3) is 0 Å². The van der Waals surface area contributed by atoms with Crippen molar-refractivity contribution in [2.45, 2.75) is 89.3 Å². The number of Topliss-reactive ketones (excluding diaryl/α,β-unsaturated/α-hetero) is 2. The van der Waals surface area contributed by atoms with Crippen molar-refractivity contribution in [3.05, 3.63) is 119 Å². The van der Waals surface area contributed by atoms with Gasteiger partial charge in [-0.05, 0) is 123 Å². The molecule has 0 aliphatic heterocycles. The van der Waals surface area contributed by atoms with Crippen LogP contribution in [-0.4, -0.2) is 57.9 Å². The molecule has 0 spiro atoms. The predicted molar refractivity (Wildman–Crippen MR) is 206 cm³/mol. The van der Waals surface area contributed by atoms with Crippen molar-refractivity contribution in [3.63, 3.8) is 0 Å². The minimum absolute atomic E-state index is 0.0600. The van der Waals surface area contributed by atoms with Crippen LogP contribution in [0.1, 0.15) is 104 Å². The van der Waals surface area contributed by atoms with E-state index in [9.17, 15) is 29.4 Å². The molecule has 2 unspecified atom stereocenters. The van der Waals surface area contributed by atoms with E-state index in [2.05, 4.69) is 34.9 Å². The van der Waals surface area contributed by atoms with E-state index >= 15 is 0 Å². The molecular weight excluding hydrogens is 684 g/mol. The zero-order valence-corrected chi connectivity index (χ0v) is 31.4. The number of hydrogen-bond donors (Lipinski definition) is 4. The van der Waals surface area contributed by atoms with E-state index in [1.165, 1.54) is 48.5 Å². The molecule has 1 fully saturated rings. The van der Waals surface area contributed by atoms with Gasteiger partial charge >= 0.3 is 0 Å².